The third kappa shape index (κ3) is 3.44. The summed E-state index contributed by atoms with van der Waals surface area (Å²) in [6, 6.07) is 7.99. The maximum Gasteiger partial charge on any atom is 0.183 e. The van der Waals surface area contributed by atoms with Gasteiger partial charge < -0.3 is 5.32 Å². The minimum Gasteiger partial charge on any atom is -0.365 e. The van der Waals surface area contributed by atoms with E-state index < -0.39 is 0 Å². The monoisotopic (exact) mass is 330 g/mol. The minimum absolute atomic E-state index is 0.783. The number of aromatic nitrogens is 1. The van der Waals surface area contributed by atoms with Crippen molar-refractivity contribution in [2.24, 2.45) is 0 Å². The molecule has 17 heavy (non-hydrogen) atoms. The number of nitrogens with zero attached hydrogens (tertiary/aromatic N) is 1. The molecule has 1 heterocycles. The number of hydrogen-bond donors (Lipinski definition) is 1. The molecule has 2 aromatic rings. The Labute approximate surface area is 118 Å². The van der Waals surface area contributed by atoms with Crippen LogP contribution in [0, 0.1) is 0 Å². The summed E-state index contributed by atoms with van der Waals surface area (Å²) in [5.41, 5.74) is 1.29. The van der Waals surface area contributed by atoms with Crippen LogP contribution in [0.25, 0.3) is 0 Å². The van der Waals surface area contributed by atoms with Crippen LogP contribution in [0.15, 0.2) is 28.9 Å². The van der Waals surface area contributed by atoms with Crippen LogP contribution in [0.5, 0.6) is 0 Å². The van der Waals surface area contributed by atoms with Crippen LogP contribution in [-0.4, -0.2) is 12.0 Å². The van der Waals surface area contributed by atoms with Crippen LogP contribution in [0.4, 0.5) is 5.13 Å². The van der Waals surface area contributed by atoms with E-state index in [9.17, 15) is 0 Å². The topological polar surface area (TPSA) is 24.9 Å². The molecule has 0 aliphatic heterocycles. The van der Waals surface area contributed by atoms with Crippen LogP contribution in [0.1, 0.15) is 10.4 Å². The molecule has 0 atom stereocenters. The largest absolute Gasteiger partial charge is 0.365 e. The Balaban J connectivity index is 2.01. The zero-order valence-electron chi connectivity index (χ0n) is 9.34. The third-order valence-corrected chi connectivity index (χ3v) is 4.72. The van der Waals surface area contributed by atoms with Gasteiger partial charge in [-0.2, -0.15) is 0 Å². The van der Waals surface area contributed by atoms with Crippen LogP contribution in [-0.2, 0) is 12.8 Å². The van der Waals surface area contributed by atoms with Gasteiger partial charge >= 0.3 is 0 Å². The number of halogens is 2. The van der Waals surface area contributed by atoms with E-state index in [1.54, 1.807) is 11.3 Å². The lowest BCUT2D eigenvalue weighted by Gasteiger charge is -2.00. The van der Waals surface area contributed by atoms with Gasteiger partial charge in [-0.25, -0.2) is 4.98 Å². The van der Waals surface area contributed by atoms with Crippen molar-refractivity contribution < 1.29 is 0 Å². The van der Waals surface area contributed by atoms with Crippen molar-refractivity contribution in [3.05, 3.63) is 44.3 Å². The van der Waals surface area contributed by atoms with Gasteiger partial charge in [-0.05, 0) is 46.5 Å². The van der Waals surface area contributed by atoms with Crippen molar-refractivity contribution in [2.75, 3.05) is 12.4 Å². The quantitative estimate of drug-likeness (QED) is 0.899. The van der Waals surface area contributed by atoms with E-state index in [0.29, 0.717) is 0 Å². The Morgan fingerprint density at radius 2 is 2.00 bits per heavy atom. The average Bonchev–Trinajstić information content (AvgIpc) is 2.69. The summed E-state index contributed by atoms with van der Waals surface area (Å²) in [6.07, 6.45) is 1.99. The Hall–Kier alpha value is -0.580. The highest BCUT2D eigenvalue weighted by Gasteiger charge is 2.07. The summed E-state index contributed by atoms with van der Waals surface area (Å²) in [7, 11) is 1.88. The lowest BCUT2D eigenvalue weighted by atomic mass is 10.1. The van der Waals surface area contributed by atoms with E-state index in [2.05, 4.69) is 38.4 Å². The number of anilines is 1. The van der Waals surface area contributed by atoms with Crippen LogP contribution >= 0.6 is 38.9 Å². The van der Waals surface area contributed by atoms with E-state index in [1.807, 2.05) is 19.2 Å². The van der Waals surface area contributed by atoms with Crippen molar-refractivity contribution in [1.29, 1.82) is 0 Å². The summed E-state index contributed by atoms with van der Waals surface area (Å²) < 4.78 is 0.945. The van der Waals surface area contributed by atoms with Gasteiger partial charge in [-0.3, -0.25) is 0 Å². The van der Waals surface area contributed by atoms with E-state index >= 15 is 0 Å². The predicted octanol–water partition coefficient (Wildman–Crippen LogP) is 4.39. The summed E-state index contributed by atoms with van der Waals surface area (Å²) >= 11 is 11.0. The Morgan fingerprint density at radius 3 is 2.59 bits per heavy atom. The van der Waals surface area contributed by atoms with E-state index in [1.165, 1.54) is 10.4 Å². The summed E-state index contributed by atoms with van der Waals surface area (Å²) in [5.74, 6) is 0. The average molecular weight is 332 g/mol. The van der Waals surface area contributed by atoms with Gasteiger partial charge in [0, 0.05) is 16.9 Å². The van der Waals surface area contributed by atoms with Crippen LogP contribution in [0.2, 0.25) is 5.02 Å². The first-order valence-electron chi connectivity index (χ1n) is 5.26. The molecule has 0 aliphatic carbocycles. The molecule has 0 aliphatic rings. The third-order valence-electron chi connectivity index (χ3n) is 2.42. The molecule has 1 N–H and O–H groups in total. The second-order valence-corrected chi connectivity index (χ2v) is 5.88. The molecule has 0 bridgehead atoms. The summed E-state index contributed by atoms with van der Waals surface area (Å²) in [4.78, 5) is 5.63. The lowest BCUT2D eigenvalue weighted by molar-refractivity contribution is 0.969. The molecule has 0 saturated heterocycles. The van der Waals surface area contributed by atoms with Crippen LogP contribution < -0.4 is 5.32 Å². The second-order valence-electron chi connectivity index (χ2n) is 3.61. The SMILES string of the molecule is CNc1nc(Br)c(CCc2ccc(Cl)cc2)s1. The van der Waals surface area contributed by atoms with Gasteiger partial charge in [0.05, 0.1) is 0 Å². The number of thiazole rings is 1. The molecule has 0 amide bonds. The maximum atomic E-state index is 5.85. The van der Waals surface area contributed by atoms with Gasteiger partial charge in [-0.15, -0.1) is 11.3 Å². The smallest absolute Gasteiger partial charge is 0.183 e. The molecule has 2 nitrogen and oxygen atoms in total. The first kappa shape index (κ1) is 12.9. The van der Waals surface area contributed by atoms with Gasteiger partial charge in [0.25, 0.3) is 0 Å². The molecular weight excluding hydrogens is 320 g/mol. The molecule has 0 radical (unpaired) electrons. The number of rotatable bonds is 4. The maximum absolute atomic E-state index is 5.85. The molecule has 0 unspecified atom stereocenters. The van der Waals surface area contributed by atoms with E-state index in [-0.39, 0.29) is 0 Å². The van der Waals surface area contributed by atoms with Crippen molar-refractivity contribution in [3.63, 3.8) is 0 Å². The fraction of sp³-hybridized carbons (Fsp3) is 0.250. The molecule has 1 aromatic heterocycles. The lowest BCUT2D eigenvalue weighted by Crippen LogP contribution is -1.89. The highest BCUT2D eigenvalue weighted by atomic mass is 79.9. The fourth-order valence-electron chi connectivity index (χ4n) is 1.50. The molecule has 2 rings (SSSR count). The first-order chi connectivity index (χ1) is 8.19. The molecule has 0 fully saturated rings. The Bertz CT molecular complexity index is 496. The van der Waals surface area contributed by atoms with Gasteiger partial charge in [0.2, 0.25) is 0 Å². The van der Waals surface area contributed by atoms with Gasteiger partial charge in [0.15, 0.2) is 5.13 Å². The highest BCUT2D eigenvalue weighted by molar-refractivity contribution is 9.10. The molecular formula is C12H12BrClN2S. The zero-order chi connectivity index (χ0) is 12.3. The molecule has 1 aromatic carbocycles. The van der Waals surface area contributed by atoms with Crippen molar-refractivity contribution in [2.45, 2.75) is 12.8 Å². The fourth-order valence-corrected chi connectivity index (χ4v) is 3.17. The number of hydrogen-bond acceptors (Lipinski definition) is 3. The number of benzene rings is 1. The normalized spacial score (nSPS) is 10.5. The molecule has 0 saturated carbocycles. The number of aryl methyl sites for hydroxylation is 2. The van der Waals surface area contributed by atoms with Crippen molar-refractivity contribution in [3.8, 4) is 0 Å². The highest BCUT2D eigenvalue weighted by Crippen LogP contribution is 2.28. The van der Waals surface area contributed by atoms with E-state index in [0.717, 1.165) is 27.6 Å². The molecule has 0 spiro atoms. The predicted molar refractivity (Wildman–Crippen MR) is 78.2 cm³/mol. The zero-order valence-corrected chi connectivity index (χ0v) is 12.5. The van der Waals surface area contributed by atoms with Crippen LogP contribution in [0.3, 0.4) is 0 Å². The van der Waals surface area contributed by atoms with Gasteiger partial charge in [-0.1, -0.05) is 23.7 Å². The molecule has 5 heteroatoms. The Kier molecular flexibility index (Phi) is 4.42. The van der Waals surface area contributed by atoms with Crippen molar-refractivity contribution >= 4 is 44.0 Å². The van der Waals surface area contributed by atoms with Gasteiger partial charge in [0.1, 0.15) is 4.60 Å². The second kappa shape index (κ2) is 5.85. The minimum atomic E-state index is 0.783. The molecule has 90 valence electrons. The standard InChI is InChI=1S/C12H12BrClN2S/c1-15-12-16-11(13)10(17-12)7-4-8-2-5-9(14)6-3-8/h2-3,5-6H,4,7H2,1H3,(H,15,16). The van der Waals surface area contributed by atoms with Crippen molar-refractivity contribution in [1.82, 2.24) is 4.98 Å². The summed E-state index contributed by atoms with van der Waals surface area (Å²) in [6.45, 7) is 0. The Morgan fingerprint density at radius 1 is 1.29 bits per heavy atom. The first-order valence-corrected chi connectivity index (χ1v) is 7.25. The summed E-state index contributed by atoms with van der Waals surface area (Å²) in [5, 5.41) is 4.78. The number of nitrogens with one attached hydrogen (secondary N) is 1. The van der Waals surface area contributed by atoms with E-state index in [4.69, 9.17) is 11.6 Å².